The molecular formula is C25H31N3O3. The van der Waals surface area contributed by atoms with Crippen LogP contribution in [-0.2, 0) is 9.59 Å². The lowest BCUT2D eigenvalue weighted by Crippen LogP contribution is -2.44. The minimum absolute atomic E-state index is 0.0573. The number of rotatable bonds is 9. The fourth-order valence-corrected chi connectivity index (χ4v) is 3.77. The Hall–Kier alpha value is -3.12. The zero-order valence-corrected chi connectivity index (χ0v) is 18.3. The SMILES string of the molecule is CCCN(CC(=O)Nc1ccccc1OC)CC(=O)N1CC=C(c2ccccc2)CC1. The largest absolute Gasteiger partial charge is 0.495 e. The number of benzene rings is 2. The number of anilines is 1. The molecule has 31 heavy (non-hydrogen) atoms. The van der Waals surface area contributed by atoms with Crippen molar-refractivity contribution < 1.29 is 14.3 Å². The van der Waals surface area contributed by atoms with Gasteiger partial charge in [-0.3, -0.25) is 14.5 Å². The fraction of sp³-hybridized carbons (Fsp3) is 0.360. The smallest absolute Gasteiger partial charge is 0.238 e. The summed E-state index contributed by atoms with van der Waals surface area (Å²) in [4.78, 5) is 29.2. The molecule has 0 saturated carbocycles. The molecule has 6 heteroatoms. The second-order valence-corrected chi connectivity index (χ2v) is 7.64. The van der Waals surface area contributed by atoms with Gasteiger partial charge in [-0.2, -0.15) is 0 Å². The molecule has 6 nitrogen and oxygen atoms in total. The number of hydrogen-bond acceptors (Lipinski definition) is 4. The first kappa shape index (κ1) is 22.6. The second-order valence-electron chi connectivity index (χ2n) is 7.64. The molecule has 3 rings (SSSR count). The van der Waals surface area contributed by atoms with E-state index in [-0.39, 0.29) is 24.9 Å². The van der Waals surface area contributed by atoms with Crippen molar-refractivity contribution in [3.63, 3.8) is 0 Å². The van der Waals surface area contributed by atoms with Gasteiger partial charge >= 0.3 is 0 Å². The summed E-state index contributed by atoms with van der Waals surface area (Å²) in [5, 5.41) is 2.89. The Bertz CT molecular complexity index is 911. The van der Waals surface area contributed by atoms with Crippen LogP contribution in [-0.4, -0.2) is 61.4 Å². The molecule has 2 amide bonds. The molecule has 0 saturated heterocycles. The van der Waals surface area contributed by atoms with E-state index in [0.717, 1.165) is 12.8 Å². The lowest BCUT2D eigenvalue weighted by atomic mass is 9.99. The third kappa shape index (κ3) is 6.43. The standard InChI is InChI=1S/C25H31N3O3/c1-3-15-27(18-24(29)26-22-11-7-8-12-23(22)31-2)19-25(30)28-16-13-21(14-17-28)20-9-5-4-6-10-20/h4-13H,3,14-19H2,1-2H3,(H,26,29). The zero-order chi connectivity index (χ0) is 22.1. The normalized spacial score (nSPS) is 13.6. The van der Waals surface area contributed by atoms with E-state index in [2.05, 4.69) is 23.5 Å². The summed E-state index contributed by atoms with van der Waals surface area (Å²) in [6, 6.07) is 17.6. The molecule has 0 fully saturated rings. The van der Waals surface area contributed by atoms with Crippen molar-refractivity contribution in [2.45, 2.75) is 19.8 Å². The summed E-state index contributed by atoms with van der Waals surface area (Å²) in [5.74, 6) is 0.515. The average molecular weight is 422 g/mol. The van der Waals surface area contributed by atoms with Crippen LogP contribution in [0.1, 0.15) is 25.3 Å². The topological polar surface area (TPSA) is 61.9 Å². The van der Waals surface area contributed by atoms with Gasteiger partial charge in [-0.25, -0.2) is 0 Å². The van der Waals surface area contributed by atoms with Crippen molar-refractivity contribution in [1.29, 1.82) is 0 Å². The Morgan fingerprint density at radius 2 is 1.81 bits per heavy atom. The van der Waals surface area contributed by atoms with Gasteiger partial charge in [-0.15, -0.1) is 0 Å². The highest BCUT2D eigenvalue weighted by Crippen LogP contribution is 2.23. The average Bonchev–Trinajstić information content (AvgIpc) is 2.80. The molecule has 0 aromatic heterocycles. The molecule has 1 aliphatic rings. The Morgan fingerprint density at radius 1 is 1.06 bits per heavy atom. The van der Waals surface area contributed by atoms with Gasteiger partial charge in [0.2, 0.25) is 11.8 Å². The Balaban J connectivity index is 1.55. The van der Waals surface area contributed by atoms with Gasteiger partial charge < -0.3 is 15.0 Å². The van der Waals surface area contributed by atoms with Crippen molar-refractivity contribution in [3.05, 3.63) is 66.2 Å². The van der Waals surface area contributed by atoms with Gasteiger partial charge in [0.15, 0.2) is 0 Å². The minimum atomic E-state index is -0.157. The molecule has 1 heterocycles. The van der Waals surface area contributed by atoms with E-state index in [1.165, 1.54) is 11.1 Å². The maximum atomic E-state index is 12.9. The number of nitrogens with one attached hydrogen (secondary N) is 1. The highest BCUT2D eigenvalue weighted by atomic mass is 16.5. The van der Waals surface area contributed by atoms with Gasteiger partial charge in [0.05, 0.1) is 25.9 Å². The Morgan fingerprint density at radius 3 is 2.48 bits per heavy atom. The minimum Gasteiger partial charge on any atom is -0.495 e. The van der Waals surface area contributed by atoms with Crippen LogP contribution in [0.25, 0.3) is 5.57 Å². The van der Waals surface area contributed by atoms with Gasteiger partial charge in [-0.05, 0) is 42.7 Å². The lowest BCUT2D eigenvalue weighted by molar-refractivity contribution is -0.132. The molecule has 2 aromatic rings. The first-order valence-corrected chi connectivity index (χ1v) is 10.8. The number of ether oxygens (including phenoxy) is 1. The van der Waals surface area contributed by atoms with E-state index in [1.807, 2.05) is 47.1 Å². The van der Waals surface area contributed by atoms with Gasteiger partial charge in [-0.1, -0.05) is 55.5 Å². The highest BCUT2D eigenvalue weighted by Gasteiger charge is 2.21. The van der Waals surface area contributed by atoms with Crippen molar-refractivity contribution >= 4 is 23.1 Å². The highest BCUT2D eigenvalue weighted by molar-refractivity contribution is 5.94. The zero-order valence-electron chi connectivity index (χ0n) is 18.3. The summed E-state index contributed by atoms with van der Waals surface area (Å²) in [5.41, 5.74) is 3.13. The van der Waals surface area contributed by atoms with Crippen LogP contribution >= 0.6 is 0 Å². The first-order chi connectivity index (χ1) is 15.1. The Labute approximate surface area is 184 Å². The summed E-state index contributed by atoms with van der Waals surface area (Å²) in [6.45, 7) is 4.44. The number of para-hydroxylation sites is 2. The number of amides is 2. The maximum absolute atomic E-state index is 12.9. The number of methoxy groups -OCH3 is 1. The van der Waals surface area contributed by atoms with E-state index in [4.69, 9.17) is 4.74 Å². The van der Waals surface area contributed by atoms with Crippen molar-refractivity contribution in [1.82, 2.24) is 9.80 Å². The van der Waals surface area contributed by atoms with Crippen LogP contribution in [0, 0.1) is 0 Å². The predicted octanol–water partition coefficient (Wildman–Crippen LogP) is 3.66. The molecule has 0 atom stereocenters. The number of carbonyl (C=O) groups excluding carboxylic acids is 2. The molecule has 0 spiro atoms. The lowest BCUT2D eigenvalue weighted by Gasteiger charge is -2.29. The summed E-state index contributed by atoms with van der Waals surface area (Å²) in [6.07, 6.45) is 3.85. The maximum Gasteiger partial charge on any atom is 0.238 e. The van der Waals surface area contributed by atoms with Crippen molar-refractivity contribution in [3.8, 4) is 5.75 Å². The summed E-state index contributed by atoms with van der Waals surface area (Å²) in [7, 11) is 1.57. The third-order valence-electron chi connectivity index (χ3n) is 5.35. The molecule has 1 N–H and O–H groups in total. The van der Waals surface area contributed by atoms with Gasteiger partial charge in [0.1, 0.15) is 5.75 Å². The van der Waals surface area contributed by atoms with Gasteiger partial charge in [0.25, 0.3) is 0 Å². The molecule has 164 valence electrons. The van der Waals surface area contributed by atoms with E-state index in [0.29, 0.717) is 31.1 Å². The van der Waals surface area contributed by atoms with Crippen LogP contribution in [0.2, 0.25) is 0 Å². The van der Waals surface area contributed by atoms with Crippen molar-refractivity contribution in [2.24, 2.45) is 0 Å². The van der Waals surface area contributed by atoms with E-state index in [9.17, 15) is 9.59 Å². The number of hydrogen-bond donors (Lipinski definition) is 1. The van der Waals surface area contributed by atoms with E-state index in [1.54, 1.807) is 19.2 Å². The summed E-state index contributed by atoms with van der Waals surface area (Å²) < 4.78 is 5.29. The molecule has 1 aliphatic heterocycles. The monoisotopic (exact) mass is 421 g/mol. The molecule has 0 unspecified atom stereocenters. The van der Waals surface area contributed by atoms with Crippen LogP contribution in [0.15, 0.2) is 60.7 Å². The fourth-order valence-electron chi connectivity index (χ4n) is 3.77. The van der Waals surface area contributed by atoms with E-state index >= 15 is 0 Å². The Kier molecular flexibility index (Phi) is 8.24. The van der Waals surface area contributed by atoms with Crippen LogP contribution in [0.3, 0.4) is 0 Å². The van der Waals surface area contributed by atoms with Crippen LogP contribution in [0.5, 0.6) is 5.75 Å². The van der Waals surface area contributed by atoms with E-state index < -0.39 is 0 Å². The second kappa shape index (κ2) is 11.3. The predicted molar refractivity (Wildman–Crippen MR) is 124 cm³/mol. The molecule has 0 aliphatic carbocycles. The molecular weight excluding hydrogens is 390 g/mol. The van der Waals surface area contributed by atoms with Gasteiger partial charge in [0, 0.05) is 13.1 Å². The number of nitrogens with zero attached hydrogens (tertiary/aromatic N) is 2. The first-order valence-electron chi connectivity index (χ1n) is 10.8. The van der Waals surface area contributed by atoms with Crippen LogP contribution in [0.4, 0.5) is 5.69 Å². The quantitative estimate of drug-likeness (QED) is 0.671. The van der Waals surface area contributed by atoms with Crippen LogP contribution < -0.4 is 10.1 Å². The molecule has 0 bridgehead atoms. The third-order valence-corrected chi connectivity index (χ3v) is 5.35. The number of carbonyl (C=O) groups is 2. The summed E-state index contributed by atoms with van der Waals surface area (Å²) >= 11 is 0. The molecule has 2 aromatic carbocycles. The van der Waals surface area contributed by atoms with Crippen molar-refractivity contribution in [2.75, 3.05) is 45.2 Å². The molecule has 0 radical (unpaired) electrons.